The van der Waals surface area contributed by atoms with E-state index in [4.69, 9.17) is 31.0 Å². The summed E-state index contributed by atoms with van der Waals surface area (Å²) in [6, 6.07) is 3.92. The molecule has 278 valence electrons. The van der Waals surface area contributed by atoms with Gasteiger partial charge in [0.15, 0.2) is 0 Å². The molecule has 2 aromatic heterocycles. The number of ether oxygens (including phenoxy) is 2. The lowest BCUT2D eigenvalue weighted by molar-refractivity contribution is -0.131. The summed E-state index contributed by atoms with van der Waals surface area (Å²) in [5, 5.41) is 8.86. The molecule has 1 aromatic carbocycles. The first-order valence-corrected chi connectivity index (χ1v) is 20.6. The van der Waals surface area contributed by atoms with Crippen LogP contribution in [-0.2, 0) is 19.6 Å². The topological polar surface area (TPSA) is 169 Å². The second kappa shape index (κ2) is 14.5. The number of aromatic nitrogens is 2. The maximum Gasteiger partial charge on any atom is 0.318 e. The molecule has 13 nitrogen and oxygen atoms in total. The molecule has 7 rings (SSSR count). The van der Waals surface area contributed by atoms with Crippen LogP contribution >= 0.6 is 22.9 Å². The summed E-state index contributed by atoms with van der Waals surface area (Å²) >= 11 is 8.24. The number of nitrogens with one attached hydrogen (secondary N) is 3. The smallest absolute Gasteiger partial charge is 0.318 e. The zero-order valence-corrected chi connectivity index (χ0v) is 31.7. The molecule has 4 amide bonds. The number of pyridine rings is 1. The third-order valence-electron chi connectivity index (χ3n) is 10.2. The molecule has 0 spiro atoms. The van der Waals surface area contributed by atoms with Crippen LogP contribution in [0.4, 0.5) is 4.79 Å². The summed E-state index contributed by atoms with van der Waals surface area (Å²) in [7, 11) is -2.32. The van der Waals surface area contributed by atoms with E-state index in [-0.39, 0.29) is 31.2 Å². The third kappa shape index (κ3) is 7.31. The molecule has 3 aromatic rings. The Morgan fingerprint density at radius 1 is 1.15 bits per heavy atom. The van der Waals surface area contributed by atoms with E-state index in [9.17, 15) is 22.8 Å². The molecule has 4 aliphatic rings. The van der Waals surface area contributed by atoms with E-state index < -0.39 is 50.8 Å². The fraction of sp³-hybridized carbons (Fsp3) is 0.528. The summed E-state index contributed by atoms with van der Waals surface area (Å²) in [5.41, 5.74) is 0.508. The van der Waals surface area contributed by atoms with Crippen LogP contribution in [0.5, 0.6) is 11.5 Å². The Balaban J connectivity index is 1.20. The molecule has 4 atom stereocenters. The number of thiazole rings is 1. The molecular weight excluding hydrogens is 728 g/mol. The van der Waals surface area contributed by atoms with Gasteiger partial charge in [0.1, 0.15) is 44.9 Å². The largest absolute Gasteiger partial charge is 0.495 e. The Morgan fingerprint density at radius 3 is 2.69 bits per heavy atom. The number of allylic oxidation sites excluding steroid dienone is 1. The molecule has 1 saturated heterocycles. The first-order valence-electron chi connectivity index (χ1n) is 17.8. The maximum atomic E-state index is 14.2. The number of hydrogen-bond donors (Lipinski definition) is 3. The summed E-state index contributed by atoms with van der Waals surface area (Å²) in [4.78, 5) is 52.5. The van der Waals surface area contributed by atoms with Crippen LogP contribution < -0.4 is 24.8 Å². The van der Waals surface area contributed by atoms with Gasteiger partial charge in [-0.2, -0.15) is 0 Å². The summed E-state index contributed by atoms with van der Waals surface area (Å²) in [5.74, 6) is -0.559. The van der Waals surface area contributed by atoms with Crippen LogP contribution in [0.3, 0.4) is 0 Å². The van der Waals surface area contributed by atoms with E-state index in [1.807, 2.05) is 17.5 Å². The minimum atomic E-state index is -3.85. The van der Waals surface area contributed by atoms with E-state index in [1.54, 1.807) is 18.2 Å². The molecule has 4 heterocycles. The molecule has 0 radical (unpaired) electrons. The molecule has 3 fully saturated rings. The Bertz CT molecular complexity index is 2030. The Morgan fingerprint density at radius 2 is 1.96 bits per heavy atom. The number of nitrogens with zero attached hydrogens (tertiary/aromatic N) is 3. The predicted octanol–water partition coefficient (Wildman–Crippen LogP) is 5.29. The zero-order chi connectivity index (χ0) is 36.8. The number of benzene rings is 1. The van der Waals surface area contributed by atoms with Crippen molar-refractivity contribution in [1.29, 1.82) is 0 Å². The lowest BCUT2D eigenvalue weighted by Gasteiger charge is -2.26. The standard InChI is InChI=1S/C36H43ClN6O7S2/c1-20(2)26-19-51-33(40-26)25-16-29(24-12-13-28(49-3)30(37)31(24)39-25)50-22-15-27-32(44)41-36(34(45)42-52(47,48)23-10-11-23)17-21(36)9-7-5-4-6-8-14-38-35(46)43(27)18-22/h7,9,12-13,16,19-23,27H,4-6,8,10-11,14-15,17-18H2,1-3H3,(H,38,46)(H,41,44)(H,42,45)/t21-,22-,27+,36-/m1/s1. The molecule has 2 aliphatic carbocycles. The van der Waals surface area contributed by atoms with Crippen molar-refractivity contribution in [3.8, 4) is 22.2 Å². The molecule has 0 unspecified atom stereocenters. The van der Waals surface area contributed by atoms with Gasteiger partial charge in [0.05, 0.1) is 30.1 Å². The van der Waals surface area contributed by atoms with Crippen molar-refractivity contribution < 1.29 is 32.3 Å². The van der Waals surface area contributed by atoms with Gasteiger partial charge in [0.2, 0.25) is 15.9 Å². The van der Waals surface area contributed by atoms with Crippen LogP contribution in [0.25, 0.3) is 21.6 Å². The third-order valence-corrected chi connectivity index (χ3v) is 13.2. The molecule has 2 saturated carbocycles. The summed E-state index contributed by atoms with van der Waals surface area (Å²) in [6.45, 7) is 4.66. The second-order valence-electron chi connectivity index (χ2n) is 14.3. The first-order chi connectivity index (χ1) is 24.9. The Hall–Kier alpha value is -3.95. The van der Waals surface area contributed by atoms with Gasteiger partial charge in [0, 0.05) is 35.7 Å². The average molecular weight is 771 g/mol. The van der Waals surface area contributed by atoms with Crippen LogP contribution in [0.2, 0.25) is 5.02 Å². The number of sulfonamides is 1. The van der Waals surface area contributed by atoms with Gasteiger partial charge in [-0.3, -0.25) is 14.3 Å². The highest BCUT2D eigenvalue weighted by molar-refractivity contribution is 7.91. The highest BCUT2D eigenvalue weighted by Crippen LogP contribution is 2.46. The van der Waals surface area contributed by atoms with E-state index in [2.05, 4.69) is 29.2 Å². The monoisotopic (exact) mass is 770 g/mol. The van der Waals surface area contributed by atoms with Gasteiger partial charge in [0.25, 0.3) is 5.91 Å². The molecular formula is C36H43ClN6O7S2. The van der Waals surface area contributed by atoms with Crippen molar-refractivity contribution in [1.82, 2.24) is 30.2 Å². The van der Waals surface area contributed by atoms with Crippen molar-refractivity contribution in [3.05, 3.63) is 46.4 Å². The predicted molar refractivity (Wildman–Crippen MR) is 198 cm³/mol. The van der Waals surface area contributed by atoms with Gasteiger partial charge < -0.3 is 25.0 Å². The van der Waals surface area contributed by atoms with E-state index in [1.165, 1.54) is 23.3 Å². The highest BCUT2D eigenvalue weighted by Gasteiger charge is 2.62. The van der Waals surface area contributed by atoms with E-state index in [0.717, 1.165) is 31.4 Å². The molecule has 52 heavy (non-hydrogen) atoms. The number of halogens is 1. The number of urea groups is 1. The van der Waals surface area contributed by atoms with Gasteiger partial charge in [-0.15, -0.1) is 11.3 Å². The SMILES string of the molecule is COc1ccc2c(O[C@@H]3C[C@H]4C(=O)N[C@]5(C(=O)NS(=O)(=O)C6CC6)C[C@H]5C=CCCCCCNC(=O)N4C3)cc(-c3nc(C(C)C)cs3)nc2c1Cl. The number of methoxy groups -OCH3 is 1. The second-order valence-corrected chi connectivity index (χ2v) is 17.5. The molecule has 2 aliphatic heterocycles. The van der Waals surface area contributed by atoms with Crippen molar-refractivity contribution in [3.63, 3.8) is 0 Å². The van der Waals surface area contributed by atoms with Crippen molar-refractivity contribution >= 4 is 61.7 Å². The van der Waals surface area contributed by atoms with Crippen LogP contribution in [-0.4, -0.2) is 84.3 Å². The van der Waals surface area contributed by atoms with Crippen molar-refractivity contribution in [2.45, 2.75) is 94.1 Å². The molecule has 16 heteroatoms. The van der Waals surface area contributed by atoms with E-state index in [0.29, 0.717) is 57.5 Å². The molecule has 0 bridgehead atoms. The number of carbonyl (C=O) groups excluding carboxylic acids is 3. The lowest BCUT2D eigenvalue weighted by atomic mass is 10.1. The lowest BCUT2D eigenvalue weighted by Crippen LogP contribution is -2.57. The highest BCUT2D eigenvalue weighted by atomic mass is 35.5. The van der Waals surface area contributed by atoms with Crippen molar-refractivity contribution in [2.24, 2.45) is 5.92 Å². The minimum Gasteiger partial charge on any atom is -0.495 e. The maximum absolute atomic E-state index is 14.2. The van der Waals surface area contributed by atoms with Crippen LogP contribution in [0.1, 0.15) is 76.8 Å². The normalized spacial score (nSPS) is 25.4. The van der Waals surface area contributed by atoms with Gasteiger partial charge in [-0.05, 0) is 56.6 Å². The quantitative estimate of drug-likeness (QED) is 0.258. The molecule has 3 N–H and O–H groups in total. The number of rotatable bonds is 8. The van der Waals surface area contributed by atoms with E-state index >= 15 is 0 Å². The van der Waals surface area contributed by atoms with Gasteiger partial charge in [-0.25, -0.2) is 23.2 Å². The Labute approximate surface area is 311 Å². The zero-order valence-electron chi connectivity index (χ0n) is 29.3. The van der Waals surface area contributed by atoms with Crippen LogP contribution in [0.15, 0.2) is 35.7 Å². The summed E-state index contributed by atoms with van der Waals surface area (Å²) < 4.78 is 39.9. The fourth-order valence-corrected chi connectivity index (χ4v) is 9.45. The Kier molecular flexibility index (Phi) is 10.1. The minimum absolute atomic E-state index is 0.0836. The fourth-order valence-electron chi connectivity index (χ4n) is 6.87. The number of amides is 4. The van der Waals surface area contributed by atoms with Crippen molar-refractivity contribution in [2.75, 3.05) is 20.2 Å². The number of carbonyl (C=O) groups is 3. The van der Waals surface area contributed by atoms with Gasteiger partial charge in [-0.1, -0.05) is 44.0 Å². The number of hydrogen-bond acceptors (Lipinski definition) is 10. The van der Waals surface area contributed by atoms with Gasteiger partial charge >= 0.3 is 6.03 Å². The van der Waals surface area contributed by atoms with Crippen LogP contribution in [0, 0.1) is 5.92 Å². The summed E-state index contributed by atoms with van der Waals surface area (Å²) in [6.07, 6.45) is 7.93. The first kappa shape index (κ1) is 36.4. The number of fused-ring (bicyclic) bond motifs is 3. The average Bonchev–Trinajstić information content (AvgIpc) is 3.98.